The molecule has 0 aliphatic rings. The van der Waals surface area contributed by atoms with Crippen LogP contribution in [-0.2, 0) is 0 Å². The van der Waals surface area contributed by atoms with Crippen LogP contribution in [0.4, 0.5) is 5.69 Å². The number of anilines is 1. The standard InChI is InChI=1S/C26H16BrCl2N3O2S/c1-13-15(25-30-22-12-14(28)11-20(29)23(22)34-25)5-4-10-21(13)31-26(35)32-24(33)18-8-2-7-17-16(18)6-3-9-19(17)27/h2-12H,1H3,(H2,31,32,33,35). The van der Waals surface area contributed by atoms with Crippen LogP contribution in [0.25, 0.3) is 33.3 Å². The number of oxazole rings is 1. The molecule has 1 amide bonds. The number of benzene rings is 4. The van der Waals surface area contributed by atoms with Gasteiger partial charge in [-0.2, -0.15) is 0 Å². The van der Waals surface area contributed by atoms with Gasteiger partial charge >= 0.3 is 0 Å². The van der Waals surface area contributed by atoms with Crippen molar-refractivity contribution < 1.29 is 9.21 Å². The van der Waals surface area contributed by atoms with Crippen molar-refractivity contribution in [2.45, 2.75) is 6.92 Å². The molecule has 0 aliphatic heterocycles. The summed E-state index contributed by atoms with van der Waals surface area (Å²) in [7, 11) is 0. The van der Waals surface area contributed by atoms with Gasteiger partial charge in [0.2, 0.25) is 5.89 Å². The monoisotopic (exact) mass is 583 g/mol. The van der Waals surface area contributed by atoms with E-state index in [0.29, 0.717) is 38.3 Å². The van der Waals surface area contributed by atoms with Gasteiger partial charge in [-0.05, 0) is 71.9 Å². The fourth-order valence-electron chi connectivity index (χ4n) is 3.87. The van der Waals surface area contributed by atoms with Gasteiger partial charge in [0, 0.05) is 26.3 Å². The lowest BCUT2D eigenvalue weighted by Gasteiger charge is -2.14. The molecule has 9 heteroatoms. The lowest BCUT2D eigenvalue weighted by molar-refractivity contribution is 0.0979. The van der Waals surface area contributed by atoms with Crippen LogP contribution in [0.3, 0.4) is 0 Å². The third-order valence-electron chi connectivity index (χ3n) is 5.56. The Labute approximate surface area is 224 Å². The summed E-state index contributed by atoms with van der Waals surface area (Å²) >= 11 is 21.3. The summed E-state index contributed by atoms with van der Waals surface area (Å²) < 4.78 is 6.83. The molecule has 4 aromatic carbocycles. The van der Waals surface area contributed by atoms with E-state index in [2.05, 4.69) is 31.5 Å². The number of rotatable bonds is 3. The highest BCUT2D eigenvalue weighted by Crippen LogP contribution is 2.34. The molecule has 5 rings (SSSR count). The Morgan fingerprint density at radius 3 is 2.60 bits per heavy atom. The molecule has 35 heavy (non-hydrogen) atoms. The first-order chi connectivity index (χ1) is 16.8. The van der Waals surface area contributed by atoms with E-state index >= 15 is 0 Å². The number of hydrogen-bond donors (Lipinski definition) is 2. The molecule has 0 spiro atoms. The molecule has 1 heterocycles. The Hall–Kier alpha value is -2.97. The minimum atomic E-state index is -0.300. The van der Waals surface area contributed by atoms with E-state index < -0.39 is 0 Å². The first-order valence-corrected chi connectivity index (χ1v) is 12.4. The van der Waals surface area contributed by atoms with Crippen molar-refractivity contribution >= 4 is 89.9 Å². The summed E-state index contributed by atoms with van der Waals surface area (Å²) in [6.45, 7) is 1.91. The van der Waals surface area contributed by atoms with Crippen molar-refractivity contribution in [3.63, 3.8) is 0 Å². The SMILES string of the molecule is Cc1c(NC(=S)NC(=O)c2cccc3c(Br)cccc23)cccc1-c1nc2cc(Cl)cc(Cl)c2o1. The van der Waals surface area contributed by atoms with Crippen LogP contribution in [0.2, 0.25) is 10.0 Å². The van der Waals surface area contributed by atoms with Gasteiger partial charge in [-0.3, -0.25) is 10.1 Å². The molecular weight excluding hydrogens is 569 g/mol. The second-order valence-corrected chi connectivity index (χ2v) is 9.89. The lowest BCUT2D eigenvalue weighted by Crippen LogP contribution is -2.34. The summed E-state index contributed by atoms with van der Waals surface area (Å²) in [5.74, 6) is 0.104. The van der Waals surface area contributed by atoms with Crippen molar-refractivity contribution in [3.8, 4) is 11.5 Å². The number of nitrogens with zero attached hydrogens (tertiary/aromatic N) is 1. The van der Waals surface area contributed by atoms with E-state index in [1.54, 1.807) is 18.2 Å². The number of halogens is 3. The van der Waals surface area contributed by atoms with Gasteiger partial charge in [-0.25, -0.2) is 4.98 Å². The van der Waals surface area contributed by atoms with E-state index in [1.165, 1.54) is 0 Å². The van der Waals surface area contributed by atoms with E-state index in [-0.39, 0.29) is 11.0 Å². The number of hydrogen-bond acceptors (Lipinski definition) is 4. The molecule has 0 fully saturated rings. The summed E-state index contributed by atoms with van der Waals surface area (Å²) in [5, 5.41) is 8.70. The number of thiocarbonyl (C=S) groups is 1. The quantitative estimate of drug-likeness (QED) is 0.209. The average Bonchev–Trinajstić information content (AvgIpc) is 3.24. The van der Waals surface area contributed by atoms with Crippen molar-refractivity contribution in [1.29, 1.82) is 0 Å². The molecule has 0 saturated heterocycles. The predicted octanol–water partition coefficient (Wildman–Crippen LogP) is 8.15. The zero-order valence-corrected chi connectivity index (χ0v) is 22.1. The minimum Gasteiger partial charge on any atom is -0.434 e. The third-order valence-corrected chi connectivity index (χ3v) is 6.96. The van der Waals surface area contributed by atoms with Crippen molar-refractivity contribution in [2.75, 3.05) is 5.32 Å². The Morgan fingerprint density at radius 1 is 1.03 bits per heavy atom. The molecule has 5 aromatic rings. The van der Waals surface area contributed by atoms with Crippen LogP contribution in [0.15, 0.2) is 75.6 Å². The maximum atomic E-state index is 13.0. The highest BCUT2D eigenvalue weighted by Gasteiger charge is 2.17. The summed E-state index contributed by atoms with van der Waals surface area (Å²) in [6.07, 6.45) is 0. The van der Waals surface area contributed by atoms with E-state index in [0.717, 1.165) is 26.4 Å². The second kappa shape index (κ2) is 9.59. The van der Waals surface area contributed by atoms with Crippen LogP contribution < -0.4 is 10.6 Å². The van der Waals surface area contributed by atoms with Gasteiger partial charge in [0.15, 0.2) is 10.7 Å². The van der Waals surface area contributed by atoms with E-state index in [9.17, 15) is 4.79 Å². The molecule has 2 N–H and O–H groups in total. The summed E-state index contributed by atoms with van der Waals surface area (Å²) in [4.78, 5) is 17.5. The maximum absolute atomic E-state index is 13.0. The topological polar surface area (TPSA) is 67.2 Å². The van der Waals surface area contributed by atoms with Crippen molar-refractivity contribution in [3.05, 3.63) is 92.4 Å². The molecule has 0 saturated carbocycles. The number of carbonyl (C=O) groups excluding carboxylic acids is 1. The molecule has 174 valence electrons. The van der Waals surface area contributed by atoms with Gasteiger partial charge in [0.25, 0.3) is 5.91 Å². The maximum Gasteiger partial charge on any atom is 0.258 e. The van der Waals surface area contributed by atoms with Crippen molar-refractivity contribution in [2.24, 2.45) is 0 Å². The zero-order chi connectivity index (χ0) is 24.7. The van der Waals surface area contributed by atoms with Gasteiger partial charge in [0.1, 0.15) is 5.52 Å². The smallest absolute Gasteiger partial charge is 0.258 e. The highest BCUT2D eigenvalue weighted by atomic mass is 79.9. The minimum absolute atomic E-state index is 0.176. The Balaban J connectivity index is 1.39. The highest BCUT2D eigenvalue weighted by molar-refractivity contribution is 9.10. The van der Waals surface area contributed by atoms with Crippen LogP contribution in [-0.4, -0.2) is 16.0 Å². The number of carbonyl (C=O) groups is 1. The van der Waals surface area contributed by atoms with E-state index in [1.807, 2.05) is 55.5 Å². The van der Waals surface area contributed by atoms with Gasteiger partial charge in [-0.15, -0.1) is 0 Å². The predicted molar refractivity (Wildman–Crippen MR) is 150 cm³/mol. The van der Waals surface area contributed by atoms with E-state index in [4.69, 9.17) is 39.8 Å². The van der Waals surface area contributed by atoms with Crippen LogP contribution in [0.1, 0.15) is 15.9 Å². The number of fused-ring (bicyclic) bond motifs is 2. The Bertz CT molecular complexity index is 1650. The van der Waals surface area contributed by atoms with Crippen molar-refractivity contribution in [1.82, 2.24) is 10.3 Å². The molecule has 0 aliphatic carbocycles. The molecule has 0 radical (unpaired) electrons. The third kappa shape index (κ3) is 4.65. The largest absolute Gasteiger partial charge is 0.434 e. The molecule has 0 bridgehead atoms. The van der Waals surface area contributed by atoms with Crippen LogP contribution >= 0.6 is 51.3 Å². The average molecular weight is 585 g/mol. The second-order valence-electron chi connectivity index (χ2n) is 7.78. The molecule has 5 nitrogen and oxygen atoms in total. The lowest BCUT2D eigenvalue weighted by atomic mass is 10.0. The zero-order valence-electron chi connectivity index (χ0n) is 18.2. The van der Waals surface area contributed by atoms with Gasteiger partial charge in [-0.1, -0.05) is 69.5 Å². The molecule has 0 atom stereocenters. The Morgan fingerprint density at radius 2 is 1.77 bits per heavy atom. The normalized spacial score (nSPS) is 11.1. The first kappa shape index (κ1) is 23.8. The fraction of sp³-hybridized carbons (Fsp3) is 0.0385. The number of amides is 1. The number of nitrogens with one attached hydrogen (secondary N) is 2. The summed E-state index contributed by atoms with van der Waals surface area (Å²) in [5.41, 5.74) is 3.87. The van der Waals surface area contributed by atoms with Crippen LogP contribution in [0.5, 0.6) is 0 Å². The molecular formula is C26H16BrCl2N3O2S. The summed E-state index contributed by atoms with van der Waals surface area (Å²) in [6, 6.07) is 20.2. The fourth-order valence-corrected chi connectivity index (χ4v) is 5.09. The molecule has 0 unspecified atom stereocenters. The van der Waals surface area contributed by atoms with Gasteiger partial charge < -0.3 is 9.73 Å². The first-order valence-electron chi connectivity index (χ1n) is 10.5. The Kier molecular flexibility index (Phi) is 6.51. The number of aromatic nitrogens is 1. The van der Waals surface area contributed by atoms with Crippen LogP contribution in [0, 0.1) is 6.92 Å². The molecule has 1 aromatic heterocycles. The van der Waals surface area contributed by atoms with Gasteiger partial charge in [0.05, 0.1) is 5.02 Å².